The predicted octanol–water partition coefficient (Wildman–Crippen LogP) is 1.97. The van der Waals surface area contributed by atoms with E-state index in [9.17, 15) is 0 Å². The highest BCUT2D eigenvalue weighted by Crippen LogP contribution is 2.36. The van der Waals surface area contributed by atoms with E-state index in [0.717, 1.165) is 18.7 Å². The van der Waals surface area contributed by atoms with Crippen LogP contribution in [-0.2, 0) is 16.0 Å². The lowest BCUT2D eigenvalue weighted by Crippen LogP contribution is -2.54. The summed E-state index contributed by atoms with van der Waals surface area (Å²) in [5.74, 6) is 0.975. The summed E-state index contributed by atoms with van der Waals surface area (Å²) < 4.78 is 16.2. The van der Waals surface area contributed by atoms with Crippen LogP contribution in [-0.4, -0.2) is 43.5 Å². The second kappa shape index (κ2) is 6.72. The van der Waals surface area contributed by atoms with E-state index in [0.29, 0.717) is 12.6 Å². The van der Waals surface area contributed by atoms with Crippen LogP contribution in [0.15, 0.2) is 22.8 Å². The van der Waals surface area contributed by atoms with E-state index < -0.39 is 0 Å². The summed E-state index contributed by atoms with van der Waals surface area (Å²) >= 11 is 0. The van der Waals surface area contributed by atoms with Gasteiger partial charge < -0.3 is 19.6 Å². The van der Waals surface area contributed by atoms with Crippen LogP contribution in [0.4, 0.5) is 0 Å². The number of methoxy groups -OCH3 is 2. The fourth-order valence-corrected chi connectivity index (χ4v) is 2.66. The zero-order valence-corrected chi connectivity index (χ0v) is 12.7. The van der Waals surface area contributed by atoms with Gasteiger partial charge in [-0.1, -0.05) is 0 Å². The summed E-state index contributed by atoms with van der Waals surface area (Å²) in [5.41, 5.74) is 5.91. The maximum atomic E-state index is 6.08. The lowest BCUT2D eigenvalue weighted by molar-refractivity contribution is -0.130. The fourth-order valence-electron chi connectivity index (χ4n) is 2.66. The molecule has 0 saturated heterocycles. The average Bonchev–Trinajstić information content (AvgIpc) is 3.18. The Morgan fingerprint density at radius 1 is 1.45 bits per heavy atom. The van der Waals surface area contributed by atoms with Crippen LogP contribution < -0.4 is 5.73 Å². The van der Waals surface area contributed by atoms with E-state index in [-0.39, 0.29) is 11.8 Å². The molecule has 1 heterocycles. The van der Waals surface area contributed by atoms with Gasteiger partial charge in [-0.05, 0) is 31.9 Å². The second-order valence-electron chi connectivity index (χ2n) is 5.74. The first-order valence-corrected chi connectivity index (χ1v) is 7.17. The second-order valence-corrected chi connectivity index (χ2v) is 5.74. The maximum absolute atomic E-state index is 6.08. The number of ether oxygens (including phenoxy) is 2. The van der Waals surface area contributed by atoms with Gasteiger partial charge in [-0.15, -0.1) is 0 Å². The molecule has 5 heteroatoms. The molecule has 5 nitrogen and oxygen atoms in total. The normalized spacial score (nSPS) is 18.7. The van der Waals surface area contributed by atoms with Crippen molar-refractivity contribution < 1.29 is 13.9 Å². The van der Waals surface area contributed by atoms with Crippen molar-refractivity contribution in [2.75, 3.05) is 20.8 Å². The van der Waals surface area contributed by atoms with Gasteiger partial charge in [0.2, 0.25) is 0 Å². The standard InChI is InChI=1S/C15H26N2O3/c1-15(11-16,9-14(18-2)19-3)17(12-6-7-12)10-13-5-4-8-20-13/h4-5,8,12,14H,6-7,9-11,16H2,1-3H3. The number of nitrogens with two attached hydrogens (primary N) is 1. The minimum absolute atomic E-state index is 0.162. The molecule has 0 amide bonds. The van der Waals surface area contributed by atoms with Crippen LogP contribution in [0.2, 0.25) is 0 Å². The number of hydrogen-bond acceptors (Lipinski definition) is 5. The molecule has 1 aromatic rings. The van der Waals surface area contributed by atoms with Crippen LogP contribution in [0.3, 0.4) is 0 Å². The van der Waals surface area contributed by atoms with Crippen molar-refractivity contribution in [1.82, 2.24) is 4.90 Å². The Morgan fingerprint density at radius 2 is 2.15 bits per heavy atom. The Labute approximate surface area is 121 Å². The van der Waals surface area contributed by atoms with Crippen LogP contribution >= 0.6 is 0 Å². The molecule has 0 bridgehead atoms. The van der Waals surface area contributed by atoms with E-state index in [1.807, 2.05) is 12.1 Å². The summed E-state index contributed by atoms with van der Waals surface area (Å²) in [6.45, 7) is 3.53. The molecule has 0 spiro atoms. The molecular formula is C15H26N2O3. The Kier molecular flexibility index (Phi) is 5.21. The highest BCUT2D eigenvalue weighted by Gasteiger charge is 2.42. The summed E-state index contributed by atoms with van der Waals surface area (Å²) in [5, 5.41) is 0. The SMILES string of the molecule is COC(CC(C)(CN)N(Cc1ccco1)C1CC1)OC. The minimum atomic E-state index is -0.235. The van der Waals surface area contributed by atoms with E-state index in [1.54, 1.807) is 20.5 Å². The van der Waals surface area contributed by atoms with Gasteiger partial charge in [0.05, 0.1) is 12.8 Å². The Hall–Kier alpha value is -0.880. The molecule has 0 aromatic carbocycles. The molecule has 1 aliphatic rings. The summed E-state index contributed by atoms with van der Waals surface area (Å²) in [4.78, 5) is 2.44. The summed E-state index contributed by atoms with van der Waals surface area (Å²) in [7, 11) is 3.33. The molecule has 1 fully saturated rings. The first kappa shape index (κ1) is 15.5. The topological polar surface area (TPSA) is 60.9 Å². The smallest absolute Gasteiger partial charge is 0.158 e. The highest BCUT2D eigenvalue weighted by molar-refractivity contribution is 5.04. The summed E-state index contributed by atoms with van der Waals surface area (Å²) in [6, 6.07) is 4.52. The van der Waals surface area contributed by atoms with E-state index >= 15 is 0 Å². The van der Waals surface area contributed by atoms with Crippen LogP contribution in [0, 0.1) is 0 Å². The lowest BCUT2D eigenvalue weighted by atomic mass is 9.94. The number of furan rings is 1. The third kappa shape index (κ3) is 3.61. The van der Waals surface area contributed by atoms with Crippen molar-refractivity contribution in [3.05, 3.63) is 24.2 Å². The van der Waals surface area contributed by atoms with Gasteiger partial charge in [0.25, 0.3) is 0 Å². The molecule has 1 aromatic heterocycles. The molecule has 1 unspecified atom stereocenters. The molecule has 0 radical (unpaired) electrons. The fraction of sp³-hybridized carbons (Fsp3) is 0.733. The summed E-state index contributed by atoms with van der Waals surface area (Å²) in [6.07, 6.45) is 4.67. The van der Waals surface area contributed by atoms with Crippen molar-refractivity contribution in [1.29, 1.82) is 0 Å². The molecular weight excluding hydrogens is 256 g/mol. The maximum Gasteiger partial charge on any atom is 0.158 e. The van der Waals surface area contributed by atoms with Gasteiger partial charge in [-0.2, -0.15) is 0 Å². The molecule has 1 aliphatic carbocycles. The third-order valence-electron chi connectivity index (χ3n) is 4.16. The first-order chi connectivity index (χ1) is 9.62. The quantitative estimate of drug-likeness (QED) is 0.702. The first-order valence-electron chi connectivity index (χ1n) is 7.17. The zero-order chi connectivity index (χ0) is 14.6. The van der Waals surface area contributed by atoms with Crippen molar-refractivity contribution >= 4 is 0 Å². The number of rotatable bonds is 9. The van der Waals surface area contributed by atoms with Gasteiger partial charge >= 0.3 is 0 Å². The van der Waals surface area contributed by atoms with Crippen LogP contribution in [0.25, 0.3) is 0 Å². The lowest BCUT2D eigenvalue weighted by Gasteiger charge is -2.42. The van der Waals surface area contributed by atoms with Gasteiger partial charge in [0.1, 0.15) is 5.76 Å². The highest BCUT2D eigenvalue weighted by atomic mass is 16.7. The van der Waals surface area contributed by atoms with E-state index in [2.05, 4.69) is 11.8 Å². The average molecular weight is 282 g/mol. The Morgan fingerprint density at radius 3 is 2.60 bits per heavy atom. The number of nitrogens with zero attached hydrogens (tertiary/aromatic N) is 1. The molecule has 1 saturated carbocycles. The molecule has 2 N–H and O–H groups in total. The molecule has 2 rings (SSSR count). The Bertz CT molecular complexity index is 388. The van der Waals surface area contributed by atoms with E-state index in [4.69, 9.17) is 19.6 Å². The van der Waals surface area contributed by atoms with E-state index in [1.165, 1.54) is 12.8 Å². The molecule has 1 atom stereocenters. The van der Waals surface area contributed by atoms with Gasteiger partial charge in [-0.25, -0.2) is 0 Å². The molecule has 114 valence electrons. The van der Waals surface area contributed by atoms with Crippen molar-refractivity contribution in [3.8, 4) is 0 Å². The predicted molar refractivity (Wildman–Crippen MR) is 77.2 cm³/mol. The van der Waals surface area contributed by atoms with Gasteiger partial charge in [-0.3, -0.25) is 4.90 Å². The zero-order valence-electron chi connectivity index (χ0n) is 12.7. The van der Waals surface area contributed by atoms with Crippen molar-refractivity contribution in [3.63, 3.8) is 0 Å². The van der Waals surface area contributed by atoms with Gasteiger partial charge in [0, 0.05) is 38.8 Å². The van der Waals surface area contributed by atoms with Crippen molar-refractivity contribution in [2.45, 2.75) is 50.6 Å². The third-order valence-corrected chi connectivity index (χ3v) is 4.16. The molecule has 20 heavy (non-hydrogen) atoms. The largest absolute Gasteiger partial charge is 0.468 e. The van der Waals surface area contributed by atoms with Crippen LogP contribution in [0.1, 0.15) is 31.9 Å². The van der Waals surface area contributed by atoms with Crippen LogP contribution in [0.5, 0.6) is 0 Å². The van der Waals surface area contributed by atoms with Crippen molar-refractivity contribution in [2.24, 2.45) is 5.73 Å². The monoisotopic (exact) mass is 282 g/mol. The molecule has 0 aliphatic heterocycles. The Balaban J connectivity index is 2.11. The van der Waals surface area contributed by atoms with Gasteiger partial charge in [0.15, 0.2) is 6.29 Å². The minimum Gasteiger partial charge on any atom is -0.468 e. The number of hydrogen-bond donors (Lipinski definition) is 1.